The fraction of sp³-hybridized carbons (Fsp3) is 0.231. The minimum absolute atomic E-state index is 0.0561. The Morgan fingerprint density at radius 2 is 2.26 bits per heavy atom. The van der Waals surface area contributed by atoms with E-state index in [-0.39, 0.29) is 17.7 Å². The van der Waals surface area contributed by atoms with Gasteiger partial charge in [0.2, 0.25) is 5.91 Å². The predicted molar refractivity (Wildman–Crippen MR) is 67.8 cm³/mol. The van der Waals surface area contributed by atoms with Crippen LogP contribution in [0.1, 0.15) is 16.8 Å². The van der Waals surface area contributed by atoms with Crippen LogP contribution in [0, 0.1) is 18.2 Å². The van der Waals surface area contributed by atoms with Crippen molar-refractivity contribution >= 4 is 17.6 Å². The van der Waals surface area contributed by atoms with E-state index >= 15 is 0 Å². The minimum atomic E-state index is -0.902. The molecule has 1 amide bonds. The maximum absolute atomic E-state index is 13.1. The summed E-state index contributed by atoms with van der Waals surface area (Å²) >= 11 is 0. The molecule has 6 heteroatoms. The van der Waals surface area contributed by atoms with Gasteiger partial charge in [-0.2, -0.15) is 0 Å². The summed E-state index contributed by atoms with van der Waals surface area (Å²) in [5.41, 5.74) is 5.54. The molecule has 0 saturated heterocycles. The first-order valence-electron chi connectivity index (χ1n) is 5.37. The highest BCUT2D eigenvalue weighted by atomic mass is 19.1. The van der Waals surface area contributed by atoms with E-state index in [0.717, 1.165) is 19.2 Å². The van der Waals surface area contributed by atoms with Crippen molar-refractivity contribution in [2.24, 2.45) is 5.73 Å². The largest absolute Gasteiger partial charge is 0.465 e. The van der Waals surface area contributed by atoms with Crippen molar-refractivity contribution in [2.75, 3.05) is 12.4 Å². The first kappa shape index (κ1) is 14.7. The number of methoxy groups -OCH3 is 1. The van der Waals surface area contributed by atoms with E-state index in [2.05, 4.69) is 16.0 Å². The second kappa shape index (κ2) is 6.52. The molecule has 0 aromatic heterocycles. The zero-order valence-electron chi connectivity index (χ0n) is 10.3. The molecule has 1 unspecified atom stereocenters. The van der Waals surface area contributed by atoms with Crippen molar-refractivity contribution in [2.45, 2.75) is 12.5 Å². The smallest absolute Gasteiger partial charge is 0.340 e. The molecule has 0 fully saturated rings. The second-order valence-corrected chi connectivity index (χ2v) is 3.69. The molecule has 0 aliphatic rings. The second-order valence-electron chi connectivity index (χ2n) is 3.69. The molecule has 1 aromatic carbocycles. The number of carbonyl (C=O) groups is 2. The van der Waals surface area contributed by atoms with Gasteiger partial charge in [-0.15, -0.1) is 12.3 Å². The summed E-state index contributed by atoms with van der Waals surface area (Å²) in [6, 6.07) is 2.42. The first-order chi connectivity index (χ1) is 8.99. The molecule has 5 nitrogen and oxygen atoms in total. The molecule has 1 aromatic rings. The molecule has 0 aliphatic carbocycles. The lowest BCUT2D eigenvalue weighted by atomic mass is 10.1. The van der Waals surface area contributed by atoms with Gasteiger partial charge in [-0.05, 0) is 18.2 Å². The molecular weight excluding hydrogens is 251 g/mol. The van der Waals surface area contributed by atoms with E-state index in [9.17, 15) is 14.0 Å². The van der Waals surface area contributed by atoms with E-state index in [1.54, 1.807) is 0 Å². The number of anilines is 1. The molecule has 0 aliphatic heterocycles. The van der Waals surface area contributed by atoms with Crippen LogP contribution >= 0.6 is 0 Å². The van der Waals surface area contributed by atoms with Crippen LogP contribution in [0.5, 0.6) is 0 Å². The van der Waals surface area contributed by atoms with Crippen molar-refractivity contribution < 1.29 is 18.7 Å². The van der Waals surface area contributed by atoms with E-state index in [1.807, 2.05) is 0 Å². The molecule has 0 saturated carbocycles. The van der Waals surface area contributed by atoms with Gasteiger partial charge in [0.25, 0.3) is 0 Å². The van der Waals surface area contributed by atoms with Gasteiger partial charge >= 0.3 is 5.97 Å². The molecule has 100 valence electrons. The highest BCUT2D eigenvalue weighted by Gasteiger charge is 2.18. The molecule has 1 atom stereocenters. The van der Waals surface area contributed by atoms with Gasteiger partial charge in [-0.25, -0.2) is 9.18 Å². The number of nitrogens with two attached hydrogens (primary N) is 1. The average molecular weight is 264 g/mol. The number of hydrogen-bond donors (Lipinski definition) is 2. The SMILES string of the molecule is C#CCC(N)C(=O)Nc1ccc(F)cc1C(=O)OC. The zero-order chi connectivity index (χ0) is 14.4. The van der Waals surface area contributed by atoms with Gasteiger partial charge in [0.15, 0.2) is 0 Å². The predicted octanol–water partition coefficient (Wildman–Crippen LogP) is 0.901. The third kappa shape index (κ3) is 3.79. The van der Waals surface area contributed by atoms with Crippen molar-refractivity contribution in [3.63, 3.8) is 0 Å². The molecular formula is C13H13FN2O3. The average Bonchev–Trinajstić information content (AvgIpc) is 2.40. The molecule has 0 bridgehead atoms. The first-order valence-corrected chi connectivity index (χ1v) is 5.37. The highest BCUT2D eigenvalue weighted by molar-refractivity contribution is 6.02. The quantitative estimate of drug-likeness (QED) is 0.625. The van der Waals surface area contributed by atoms with E-state index in [0.29, 0.717) is 0 Å². The monoisotopic (exact) mass is 264 g/mol. The third-order valence-corrected chi connectivity index (χ3v) is 2.32. The lowest BCUT2D eigenvalue weighted by Gasteiger charge is -2.12. The van der Waals surface area contributed by atoms with Crippen molar-refractivity contribution in [3.8, 4) is 12.3 Å². The maximum atomic E-state index is 13.1. The Morgan fingerprint density at radius 1 is 1.58 bits per heavy atom. The zero-order valence-corrected chi connectivity index (χ0v) is 10.3. The van der Waals surface area contributed by atoms with Crippen LogP contribution in [-0.2, 0) is 9.53 Å². The summed E-state index contributed by atoms with van der Waals surface area (Å²) in [7, 11) is 1.16. The van der Waals surface area contributed by atoms with E-state index in [1.165, 1.54) is 6.07 Å². The molecule has 0 spiro atoms. The summed E-state index contributed by atoms with van der Waals surface area (Å²) in [4.78, 5) is 23.1. The fourth-order valence-corrected chi connectivity index (χ4v) is 1.35. The van der Waals surface area contributed by atoms with Gasteiger partial charge in [-0.1, -0.05) is 0 Å². The Bertz CT molecular complexity index is 537. The maximum Gasteiger partial charge on any atom is 0.340 e. The van der Waals surface area contributed by atoms with Crippen LogP contribution in [-0.4, -0.2) is 25.0 Å². The topological polar surface area (TPSA) is 81.4 Å². The molecule has 1 rings (SSSR count). The Balaban J connectivity index is 2.98. The third-order valence-electron chi connectivity index (χ3n) is 2.32. The number of ether oxygens (including phenoxy) is 1. The number of benzene rings is 1. The number of terminal acetylenes is 1. The molecule has 0 heterocycles. The Kier molecular flexibility index (Phi) is 5.03. The number of esters is 1. The van der Waals surface area contributed by atoms with Crippen LogP contribution in [0.3, 0.4) is 0 Å². The van der Waals surface area contributed by atoms with E-state index < -0.39 is 23.7 Å². The molecule has 0 radical (unpaired) electrons. The summed E-state index contributed by atoms with van der Waals surface area (Å²) in [6.45, 7) is 0. The number of halogens is 1. The van der Waals surface area contributed by atoms with Gasteiger partial charge in [-0.3, -0.25) is 4.79 Å². The van der Waals surface area contributed by atoms with Crippen molar-refractivity contribution in [1.29, 1.82) is 0 Å². The number of hydrogen-bond acceptors (Lipinski definition) is 4. The number of carbonyl (C=O) groups excluding carboxylic acids is 2. The van der Waals surface area contributed by atoms with Crippen LogP contribution in [0.25, 0.3) is 0 Å². The fourth-order valence-electron chi connectivity index (χ4n) is 1.35. The highest BCUT2D eigenvalue weighted by Crippen LogP contribution is 2.18. The summed E-state index contributed by atoms with van der Waals surface area (Å²) in [5.74, 6) is 0.311. The minimum Gasteiger partial charge on any atom is -0.465 e. The van der Waals surface area contributed by atoms with Gasteiger partial charge in [0.05, 0.1) is 24.4 Å². The number of amides is 1. The lowest BCUT2D eigenvalue weighted by Crippen LogP contribution is -2.35. The van der Waals surface area contributed by atoms with Crippen LogP contribution < -0.4 is 11.1 Å². The van der Waals surface area contributed by atoms with Crippen LogP contribution in [0.4, 0.5) is 10.1 Å². The van der Waals surface area contributed by atoms with Crippen molar-refractivity contribution in [1.82, 2.24) is 0 Å². The summed E-state index contributed by atoms with van der Waals surface area (Å²) in [6.07, 6.45) is 5.10. The Labute approximate surface area is 109 Å². The Morgan fingerprint density at radius 3 is 2.84 bits per heavy atom. The Hall–Kier alpha value is -2.39. The standard InChI is InChI=1S/C13H13FN2O3/c1-3-4-10(15)12(17)16-11-6-5-8(14)7-9(11)13(18)19-2/h1,5-7,10H,4,15H2,2H3,(H,16,17). The van der Waals surface area contributed by atoms with Gasteiger partial charge in [0, 0.05) is 6.42 Å². The van der Waals surface area contributed by atoms with Crippen LogP contribution in [0.15, 0.2) is 18.2 Å². The molecule has 19 heavy (non-hydrogen) atoms. The van der Waals surface area contributed by atoms with Gasteiger partial charge < -0.3 is 15.8 Å². The normalized spacial score (nSPS) is 11.3. The summed E-state index contributed by atoms with van der Waals surface area (Å²) < 4.78 is 17.6. The summed E-state index contributed by atoms with van der Waals surface area (Å²) in [5, 5.41) is 2.41. The number of nitrogens with one attached hydrogen (secondary N) is 1. The van der Waals surface area contributed by atoms with E-state index in [4.69, 9.17) is 12.2 Å². The van der Waals surface area contributed by atoms with Gasteiger partial charge in [0.1, 0.15) is 5.82 Å². The molecule has 3 N–H and O–H groups in total. The lowest BCUT2D eigenvalue weighted by molar-refractivity contribution is -0.117. The van der Waals surface area contributed by atoms with Crippen LogP contribution in [0.2, 0.25) is 0 Å². The number of rotatable bonds is 4. The van der Waals surface area contributed by atoms with Crippen molar-refractivity contribution in [3.05, 3.63) is 29.6 Å².